The fourth-order valence-corrected chi connectivity index (χ4v) is 4.57. The van der Waals surface area contributed by atoms with E-state index in [1.165, 1.54) is 0 Å². The molecule has 0 aliphatic carbocycles. The standard InChI is InChI=1S/C20H28N4O3/c1-12(2)6-8-24-11-20-7-5-14(27-20)16(17(20)19(24)26)18(25)23(4)10-15-21-9-13(3)22-15/h5,7,9,12,14,16-17H,6,8,10-11H2,1-4H3,(H,21,22)/t14-,16-,17-,20-/m0/s1. The highest BCUT2D eigenvalue weighted by atomic mass is 16.5. The summed E-state index contributed by atoms with van der Waals surface area (Å²) in [7, 11) is 1.76. The van der Waals surface area contributed by atoms with E-state index in [-0.39, 0.29) is 17.9 Å². The zero-order valence-corrected chi connectivity index (χ0v) is 16.4. The SMILES string of the molecule is Cc1cnc(CN(C)C(=O)[C@H]2[C@@H]3C=C[C@@]4(CN(CCC(C)C)C(=O)[C@H]24)O3)[nH]1. The van der Waals surface area contributed by atoms with E-state index >= 15 is 0 Å². The van der Waals surface area contributed by atoms with Crippen molar-refractivity contribution in [2.75, 3.05) is 20.1 Å². The highest BCUT2D eigenvalue weighted by Crippen LogP contribution is 2.52. The van der Waals surface area contributed by atoms with E-state index in [9.17, 15) is 9.59 Å². The van der Waals surface area contributed by atoms with Crippen LogP contribution in [-0.4, -0.2) is 63.4 Å². The number of aromatic nitrogens is 2. The second-order valence-electron chi connectivity index (χ2n) is 8.55. The molecule has 7 nitrogen and oxygen atoms in total. The molecule has 3 aliphatic rings. The van der Waals surface area contributed by atoms with Gasteiger partial charge >= 0.3 is 0 Å². The van der Waals surface area contributed by atoms with Crippen LogP contribution in [0.2, 0.25) is 0 Å². The molecule has 0 aromatic carbocycles. The van der Waals surface area contributed by atoms with Gasteiger partial charge in [-0.2, -0.15) is 0 Å². The number of H-pyrrole nitrogens is 1. The second-order valence-corrected chi connectivity index (χ2v) is 8.55. The fraction of sp³-hybridized carbons (Fsp3) is 0.650. The highest BCUT2D eigenvalue weighted by molar-refractivity contribution is 5.92. The smallest absolute Gasteiger partial charge is 0.230 e. The van der Waals surface area contributed by atoms with Gasteiger partial charge in [-0.1, -0.05) is 26.0 Å². The van der Waals surface area contributed by atoms with Crippen LogP contribution in [0.4, 0.5) is 0 Å². The Balaban J connectivity index is 1.51. The van der Waals surface area contributed by atoms with E-state index in [4.69, 9.17) is 4.74 Å². The Morgan fingerprint density at radius 2 is 2.30 bits per heavy atom. The van der Waals surface area contributed by atoms with Gasteiger partial charge in [-0.3, -0.25) is 9.59 Å². The molecule has 146 valence electrons. The van der Waals surface area contributed by atoms with Crippen molar-refractivity contribution in [3.8, 4) is 0 Å². The minimum Gasteiger partial charge on any atom is -0.360 e. The van der Waals surface area contributed by atoms with Gasteiger partial charge in [0.1, 0.15) is 11.4 Å². The molecular formula is C20H28N4O3. The number of rotatable bonds is 6. The van der Waals surface area contributed by atoms with E-state index in [1.807, 2.05) is 24.0 Å². The number of fused-ring (bicyclic) bond motifs is 1. The minimum atomic E-state index is -0.624. The van der Waals surface area contributed by atoms with Gasteiger partial charge in [0.05, 0.1) is 31.0 Å². The number of amides is 2. The van der Waals surface area contributed by atoms with Crippen LogP contribution in [0.25, 0.3) is 0 Å². The van der Waals surface area contributed by atoms with E-state index < -0.39 is 17.4 Å². The van der Waals surface area contributed by atoms with Gasteiger partial charge in [-0.25, -0.2) is 4.98 Å². The number of nitrogens with one attached hydrogen (secondary N) is 1. The Kier molecular flexibility index (Phi) is 4.37. The number of aromatic amines is 1. The van der Waals surface area contributed by atoms with Crippen molar-refractivity contribution in [2.45, 2.75) is 45.4 Å². The largest absolute Gasteiger partial charge is 0.360 e. The third-order valence-electron chi connectivity index (χ3n) is 5.96. The molecule has 4 rings (SSSR count). The molecule has 7 heteroatoms. The number of nitrogens with zero attached hydrogens (tertiary/aromatic N) is 3. The zero-order chi connectivity index (χ0) is 19.3. The zero-order valence-electron chi connectivity index (χ0n) is 16.4. The lowest BCUT2D eigenvalue weighted by Crippen LogP contribution is -2.44. The maximum atomic E-state index is 13.2. The van der Waals surface area contributed by atoms with Gasteiger partial charge < -0.3 is 19.5 Å². The molecule has 27 heavy (non-hydrogen) atoms. The van der Waals surface area contributed by atoms with Crippen molar-refractivity contribution in [1.82, 2.24) is 19.8 Å². The Labute approximate surface area is 159 Å². The molecule has 2 bridgehead atoms. The first-order valence-electron chi connectivity index (χ1n) is 9.72. The van der Waals surface area contributed by atoms with Gasteiger partial charge in [-0.05, 0) is 19.3 Å². The summed E-state index contributed by atoms with van der Waals surface area (Å²) in [6.45, 7) is 7.91. The van der Waals surface area contributed by atoms with Crippen LogP contribution < -0.4 is 0 Å². The Morgan fingerprint density at radius 3 is 2.96 bits per heavy atom. The van der Waals surface area contributed by atoms with Crippen molar-refractivity contribution < 1.29 is 14.3 Å². The van der Waals surface area contributed by atoms with Crippen LogP contribution in [0.5, 0.6) is 0 Å². The number of carbonyl (C=O) groups is 2. The maximum absolute atomic E-state index is 13.2. The van der Waals surface area contributed by atoms with Crippen LogP contribution >= 0.6 is 0 Å². The molecule has 2 amide bonds. The van der Waals surface area contributed by atoms with Crippen molar-refractivity contribution >= 4 is 11.8 Å². The van der Waals surface area contributed by atoms with Crippen molar-refractivity contribution in [3.05, 3.63) is 29.9 Å². The van der Waals surface area contributed by atoms with Crippen LogP contribution in [0.15, 0.2) is 18.3 Å². The van der Waals surface area contributed by atoms with Gasteiger partial charge in [0, 0.05) is 25.5 Å². The quantitative estimate of drug-likeness (QED) is 0.768. The molecule has 4 atom stereocenters. The molecule has 4 heterocycles. The molecule has 1 aromatic rings. The number of ether oxygens (including phenoxy) is 1. The summed E-state index contributed by atoms with van der Waals surface area (Å²) < 4.78 is 6.18. The number of likely N-dealkylation sites (tertiary alicyclic amines) is 1. The van der Waals surface area contributed by atoms with Gasteiger partial charge in [0.15, 0.2) is 0 Å². The molecule has 0 saturated carbocycles. The summed E-state index contributed by atoms with van der Waals surface area (Å²) in [6, 6.07) is 0. The summed E-state index contributed by atoms with van der Waals surface area (Å²) in [6.07, 6.45) is 6.37. The van der Waals surface area contributed by atoms with Crippen LogP contribution in [-0.2, 0) is 20.9 Å². The topological polar surface area (TPSA) is 78.5 Å². The average molecular weight is 372 g/mol. The second kappa shape index (κ2) is 6.48. The van der Waals surface area contributed by atoms with Crippen LogP contribution in [0.3, 0.4) is 0 Å². The first-order chi connectivity index (χ1) is 12.8. The summed E-state index contributed by atoms with van der Waals surface area (Å²) in [5.41, 5.74) is 0.337. The van der Waals surface area contributed by atoms with E-state index in [0.29, 0.717) is 19.0 Å². The van der Waals surface area contributed by atoms with Crippen molar-refractivity contribution in [2.24, 2.45) is 17.8 Å². The fourth-order valence-electron chi connectivity index (χ4n) is 4.57. The average Bonchev–Trinajstić information content (AvgIpc) is 3.34. The predicted molar refractivity (Wildman–Crippen MR) is 99.6 cm³/mol. The van der Waals surface area contributed by atoms with Gasteiger partial charge in [0.2, 0.25) is 11.8 Å². The van der Waals surface area contributed by atoms with Crippen LogP contribution in [0.1, 0.15) is 31.8 Å². The number of imidazole rings is 1. The third kappa shape index (κ3) is 2.98. The van der Waals surface area contributed by atoms with Crippen molar-refractivity contribution in [3.63, 3.8) is 0 Å². The van der Waals surface area contributed by atoms with Gasteiger partial charge in [0.25, 0.3) is 0 Å². The molecule has 2 saturated heterocycles. The van der Waals surface area contributed by atoms with E-state index in [2.05, 4.69) is 23.8 Å². The highest BCUT2D eigenvalue weighted by Gasteiger charge is 2.66. The first kappa shape index (κ1) is 18.2. The Morgan fingerprint density at radius 1 is 1.52 bits per heavy atom. The summed E-state index contributed by atoms with van der Waals surface area (Å²) >= 11 is 0. The van der Waals surface area contributed by atoms with E-state index in [1.54, 1.807) is 18.1 Å². The number of hydrogen-bond donors (Lipinski definition) is 1. The number of aryl methyl sites for hydroxylation is 1. The molecular weight excluding hydrogens is 344 g/mol. The van der Waals surface area contributed by atoms with Crippen LogP contribution in [0, 0.1) is 24.7 Å². The lowest BCUT2D eigenvalue weighted by Gasteiger charge is -2.27. The molecule has 1 N–H and O–H groups in total. The molecule has 2 fully saturated rings. The third-order valence-corrected chi connectivity index (χ3v) is 5.96. The van der Waals surface area contributed by atoms with Gasteiger partial charge in [-0.15, -0.1) is 0 Å². The summed E-state index contributed by atoms with van der Waals surface area (Å²) in [4.78, 5) is 37.3. The molecule has 0 radical (unpaired) electrons. The maximum Gasteiger partial charge on any atom is 0.230 e. The minimum absolute atomic E-state index is 0.0515. The Bertz CT molecular complexity index is 786. The predicted octanol–water partition coefficient (Wildman–Crippen LogP) is 1.50. The first-order valence-corrected chi connectivity index (χ1v) is 9.72. The Hall–Kier alpha value is -2.15. The number of hydrogen-bond acceptors (Lipinski definition) is 4. The summed E-state index contributed by atoms with van der Waals surface area (Å²) in [5, 5.41) is 0. The lowest BCUT2D eigenvalue weighted by atomic mass is 9.76. The molecule has 3 aliphatic heterocycles. The van der Waals surface area contributed by atoms with E-state index in [0.717, 1.165) is 24.5 Å². The lowest BCUT2D eigenvalue weighted by molar-refractivity contribution is -0.142. The summed E-state index contributed by atoms with van der Waals surface area (Å²) in [5.74, 6) is 0.422. The molecule has 1 spiro atoms. The van der Waals surface area contributed by atoms with Crippen molar-refractivity contribution in [1.29, 1.82) is 0 Å². The molecule has 0 unspecified atom stereocenters. The number of carbonyl (C=O) groups excluding carboxylic acids is 2. The normalized spacial score (nSPS) is 31.2. The molecule has 1 aromatic heterocycles. The monoisotopic (exact) mass is 372 g/mol.